The molecule has 2 saturated heterocycles. The molecule has 0 bridgehead atoms. The number of aliphatic hydroxyl groups is 10. The summed E-state index contributed by atoms with van der Waals surface area (Å²) >= 11 is 0. The van der Waals surface area contributed by atoms with Gasteiger partial charge in [-0.15, -0.1) is 0 Å². The molecule has 2 heterocycles. The van der Waals surface area contributed by atoms with Gasteiger partial charge in [0.15, 0.2) is 12.6 Å². The van der Waals surface area contributed by atoms with Crippen LogP contribution in [-0.2, 0) is 18.9 Å². The molecule has 56 heavy (non-hydrogen) atoms. The Bertz CT molecular complexity index is 1400. The van der Waals surface area contributed by atoms with Gasteiger partial charge in [-0.3, -0.25) is 0 Å². The van der Waals surface area contributed by atoms with E-state index in [1.54, 1.807) is 0 Å². The van der Waals surface area contributed by atoms with Gasteiger partial charge in [0, 0.05) is 0 Å². The number of hydrogen-bond acceptors (Lipinski definition) is 14. The van der Waals surface area contributed by atoms with Gasteiger partial charge >= 0.3 is 0 Å². The van der Waals surface area contributed by atoms with Crippen LogP contribution in [0, 0.1) is 45.3 Å². The third-order valence-electron chi connectivity index (χ3n) is 16.5. The quantitative estimate of drug-likeness (QED) is 0.110. The highest BCUT2D eigenvalue weighted by atomic mass is 16.8. The van der Waals surface area contributed by atoms with Gasteiger partial charge in [-0.25, -0.2) is 0 Å². The van der Waals surface area contributed by atoms with Gasteiger partial charge in [0.2, 0.25) is 0 Å². The number of rotatable bonds is 10. The van der Waals surface area contributed by atoms with Crippen molar-refractivity contribution in [3.05, 3.63) is 11.6 Å². The Morgan fingerprint density at radius 1 is 0.768 bits per heavy atom. The molecule has 324 valence electrons. The summed E-state index contributed by atoms with van der Waals surface area (Å²) in [5.41, 5.74) is -1.85. The molecule has 6 rings (SSSR count). The molecule has 14 heteroatoms. The topological polar surface area (TPSA) is 239 Å². The predicted octanol–water partition coefficient (Wildman–Crippen LogP) is 1.12. The Kier molecular flexibility index (Phi) is 12.7. The van der Waals surface area contributed by atoms with Gasteiger partial charge in [-0.05, 0) is 117 Å². The van der Waals surface area contributed by atoms with Crippen molar-refractivity contribution in [2.24, 2.45) is 45.3 Å². The van der Waals surface area contributed by atoms with Crippen molar-refractivity contribution in [1.82, 2.24) is 0 Å². The molecule has 6 aliphatic rings. The van der Waals surface area contributed by atoms with Gasteiger partial charge in [0.05, 0.1) is 37.1 Å². The molecule has 0 amide bonds. The van der Waals surface area contributed by atoms with Crippen LogP contribution in [0.5, 0.6) is 0 Å². The van der Waals surface area contributed by atoms with Crippen LogP contribution in [0.25, 0.3) is 0 Å². The number of aliphatic hydroxyl groups excluding tert-OH is 9. The van der Waals surface area contributed by atoms with E-state index >= 15 is 0 Å². The molecule has 0 radical (unpaired) electrons. The molecule has 0 unspecified atom stereocenters. The first-order valence-electron chi connectivity index (χ1n) is 21.0. The average Bonchev–Trinajstić information content (AvgIpc) is 3.51. The molecule has 2 aliphatic heterocycles. The fourth-order valence-corrected chi connectivity index (χ4v) is 13.4. The van der Waals surface area contributed by atoms with Crippen molar-refractivity contribution < 1.29 is 70.0 Å². The molecule has 0 spiro atoms. The fourth-order valence-electron chi connectivity index (χ4n) is 13.4. The number of allylic oxidation sites excluding steroid dienone is 2. The van der Waals surface area contributed by atoms with Crippen molar-refractivity contribution in [3.8, 4) is 0 Å². The van der Waals surface area contributed by atoms with E-state index in [0.29, 0.717) is 32.1 Å². The molecule has 21 atom stereocenters. The normalized spacial score (nSPS) is 52.6. The number of hydrogen-bond donors (Lipinski definition) is 10. The molecular weight excluding hydrogens is 728 g/mol. The first-order chi connectivity index (χ1) is 26.0. The summed E-state index contributed by atoms with van der Waals surface area (Å²) in [6, 6.07) is 0. The highest BCUT2D eigenvalue weighted by Gasteiger charge is 2.73. The van der Waals surface area contributed by atoms with Gasteiger partial charge in [-0.1, -0.05) is 46.3 Å². The van der Waals surface area contributed by atoms with Crippen LogP contribution >= 0.6 is 0 Å². The Hall–Kier alpha value is -0.820. The summed E-state index contributed by atoms with van der Waals surface area (Å²) in [6.45, 7) is 15.5. The third kappa shape index (κ3) is 7.16. The molecule has 0 aromatic carbocycles. The first kappa shape index (κ1) is 44.7. The summed E-state index contributed by atoms with van der Waals surface area (Å²) in [5.74, 6) is -0.623. The minimum absolute atomic E-state index is 0.0169. The highest BCUT2D eigenvalue weighted by molar-refractivity contribution is 5.22. The zero-order chi connectivity index (χ0) is 41.5. The predicted molar refractivity (Wildman–Crippen MR) is 202 cm³/mol. The van der Waals surface area contributed by atoms with E-state index in [0.717, 1.165) is 19.3 Å². The smallest absolute Gasteiger partial charge is 0.187 e. The van der Waals surface area contributed by atoms with Crippen LogP contribution in [0.4, 0.5) is 0 Å². The van der Waals surface area contributed by atoms with Crippen molar-refractivity contribution in [3.63, 3.8) is 0 Å². The maximum absolute atomic E-state index is 12.3. The lowest BCUT2D eigenvalue weighted by atomic mass is 9.34. The fraction of sp³-hybridized carbons (Fsp3) is 0.952. The summed E-state index contributed by atoms with van der Waals surface area (Å²) in [6.07, 6.45) is -10.6. The maximum atomic E-state index is 12.3. The van der Waals surface area contributed by atoms with E-state index in [4.69, 9.17) is 18.9 Å². The molecule has 6 fully saturated rings. The summed E-state index contributed by atoms with van der Waals surface area (Å²) in [5, 5.41) is 110. The van der Waals surface area contributed by atoms with E-state index in [9.17, 15) is 51.1 Å². The lowest BCUT2D eigenvalue weighted by molar-refractivity contribution is -0.383. The zero-order valence-electron chi connectivity index (χ0n) is 34.6. The Labute approximate surface area is 331 Å². The van der Waals surface area contributed by atoms with Crippen molar-refractivity contribution in [1.29, 1.82) is 0 Å². The van der Waals surface area contributed by atoms with Gasteiger partial charge < -0.3 is 70.0 Å². The average molecular weight is 801 g/mol. The molecule has 14 nitrogen and oxygen atoms in total. The van der Waals surface area contributed by atoms with Crippen molar-refractivity contribution in [2.75, 3.05) is 13.2 Å². The van der Waals surface area contributed by atoms with Gasteiger partial charge in [0.25, 0.3) is 0 Å². The second-order valence-electron chi connectivity index (χ2n) is 20.3. The van der Waals surface area contributed by atoms with E-state index in [1.165, 1.54) is 5.57 Å². The second kappa shape index (κ2) is 15.9. The van der Waals surface area contributed by atoms with Crippen LogP contribution < -0.4 is 0 Å². The number of ether oxygens (including phenoxy) is 4. The largest absolute Gasteiger partial charge is 0.394 e. The second-order valence-corrected chi connectivity index (χ2v) is 20.3. The Morgan fingerprint density at radius 3 is 1.98 bits per heavy atom. The third-order valence-corrected chi connectivity index (χ3v) is 16.5. The maximum Gasteiger partial charge on any atom is 0.187 e. The van der Waals surface area contributed by atoms with Crippen LogP contribution in [0.15, 0.2) is 11.6 Å². The number of fused-ring (bicyclic) bond motifs is 5. The lowest BCUT2D eigenvalue weighted by Crippen LogP contribution is -2.71. The first-order valence-corrected chi connectivity index (χ1v) is 21.0. The highest BCUT2D eigenvalue weighted by Crippen LogP contribution is 2.76. The summed E-state index contributed by atoms with van der Waals surface area (Å²) in [4.78, 5) is 0. The zero-order valence-corrected chi connectivity index (χ0v) is 34.6. The van der Waals surface area contributed by atoms with Crippen LogP contribution in [0.3, 0.4) is 0 Å². The van der Waals surface area contributed by atoms with E-state index in [2.05, 4.69) is 26.8 Å². The Morgan fingerprint density at radius 2 is 1.38 bits per heavy atom. The molecule has 4 saturated carbocycles. The van der Waals surface area contributed by atoms with Crippen molar-refractivity contribution in [2.45, 2.75) is 192 Å². The summed E-state index contributed by atoms with van der Waals surface area (Å²) < 4.78 is 24.9. The van der Waals surface area contributed by atoms with Gasteiger partial charge in [0.1, 0.15) is 48.8 Å². The Balaban J connectivity index is 1.38. The van der Waals surface area contributed by atoms with Crippen LogP contribution in [0.1, 0.15) is 107 Å². The van der Waals surface area contributed by atoms with E-state index < -0.39 is 120 Å². The molecule has 4 aliphatic carbocycles. The minimum atomic E-state index is -1.81. The molecule has 10 N–H and O–H groups in total. The van der Waals surface area contributed by atoms with Gasteiger partial charge in [-0.2, -0.15) is 0 Å². The van der Waals surface area contributed by atoms with Crippen LogP contribution in [0.2, 0.25) is 0 Å². The lowest BCUT2D eigenvalue weighted by Gasteiger charge is -2.72. The minimum Gasteiger partial charge on any atom is -0.394 e. The molecular formula is C42H72O14. The SMILES string of the molecule is CC(C)=CCC[C@](C)(O)[C@H]1CC[C@]2(C)[C@@H]1[C@H](O)C[C@@H]1[C@@]3(C)CC[C@H](O)C(C)(C)[C@@H]3[C@@H](O[C@@H]3O[C@H](CO)[C@@H](O)[C@H](O)[C@@H]3O[C@H]3O[C@H](CO)[C@@H](O)[C@H](O)[C@H]3O)C[C@]12C. The standard InChI is InChI=1S/C42H72O14/c1-20(2)10-9-13-42(8,52)21-11-15-40(6)28(21)22(45)16-26-39(5)14-12-27(46)38(3,4)35(39)23(17-41(26,40)7)53-37-34(32(50)30(48)25(19-44)55-37)56-36-33(51)31(49)29(47)24(18-43)54-36/h10,21-37,43-52H,9,11-19H2,1-8H3/t21-,22+,23-,24+,25+,26+,27-,28-,29+,30+,31-,32-,33+,34-,35-,36+,37+,39+,40+,41+,42-/m0/s1. The monoisotopic (exact) mass is 800 g/mol. The van der Waals surface area contributed by atoms with E-state index in [1.807, 2.05) is 34.6 Å². The van der Waals surface area contributed by atoms with Crippen LogP contribution in [-0.4, -0.2) is 150 Å². The molecule has 0 aromatic rings. The molecule has 0 aromatic heterocycles. The van der Waals surface area contributed by atoms with Crippen molar-refractivity contribution >= 4 is 0 Å². The van der Waals surface area contributed by atoms with E-state index in [-0.39, 0.29) is 23.7 Å². The summed E-state index contributed by atoms with van der Waals surface area (Å²) in [7, 11) is 0.